The third-order valence-corrected chi connectivity index (χ3v) is 2.90. The van der Waals surface area contributed by atoms with Crippen LogP contribution in [0.3, 0.4) is 0 Å². The number of rotatable bonds is 2. The number of aromatic amines is 2. The fourth-order valence-electron chi connectivity index (χ4n) is 2.03. The lowest BCUT2D eigenvalue weighted by molar-refractivity contribution is 0.103. The Kier molecular flexibility index (Phi) is 2.71. The Hall–Kier alpha value is -2.76. The van der Waals surface area contributed by atoms with Crippen LogP contribution in [0.5, 0.6) is 0 Å². The topological polar surface area (TPSA) is 65.7 Å². The average Bonchev–Trinajstić information content (AvgIpc) is 2.75. The molecule has 20 heavy (non-hydrogen) atoms. The van der Waals surface area contributed by atoms with Gasteiger partial charge in [-0.15, -0.1) is 0 Å². The summed E-state index contributed by atoms with van der Waals surface area (Å²) in [6.45, 7) is 0. The SMILES string of the molecule is O=C(c1cc(F)cc(F)c1)c1ccc2[nH]c(=O)[nH]c2c1. The van der Waals surface area contributed by atoms with Gasteiger partial charge in [-0.1, -0.05) is 0 Å². The predicted molar refractivity (Wildman–Crippen MR) is 68.7 cm³/mol. The number of ketones is 1. The molecule has 100 valence electrons. The Morgan fingerprint density at radius 1 is 0.850 bits per heavy atom. The minimum Gasteiger partial charge on any atom is -0.306 e. The molecule has 1 heterocycles. The zero-order valence-electron chi connectivity index (χ0n) is 10.0. The maximum atomic E-state index is 13.1. The van der Waals surface area contributed by atoms with Crippen LogP contribution in [0.2, 0.25) is 0 Å². The molecule has 0 spiro atoms. The van der Waals surface area contributed by atoms with Crippen LogP contribution in [0.15, 0.2) is 41.2 Å². The van der Waals surface area contributed by atoms with Crippen molar-refractivity contribution in [1.82, 2.24) is 9.97 Å². The van der Waals surface area contributed by atoms with Gasteiger partial charge < -0.3 is 9.97 Å². The number of carbonyl (C=O) groups is 1. The predicted octanol–water partition coefficient (Wildman–Crippen LogP) is 2.37. The molecule has 0 unspecified atom stereocenters. The van der Waals surface area contributed by atoms with Crippen LogP contribution >= 0.6 is 0 Å². The molecule has 1 aromatic heterocycles. The van der Waals surface area contributed by atoms with Crippen LogP contribution in [0, 0.1) is 11.6 Å². The van der Waals surface area contributed by atoms with E-state index in [9.17, 15) is 18.4 Å². The van der Waals surface area contributed by atoms with Crippen molar-refractivity contribution >= 4 is 16.8 Å². The van der Waals surface area contributed by atoms with E-state index in [0.717, 1.165) is 12.1 Å². The third kappa shape index (κ3) is 2.11. The summed E-state index contributed by atoms with van der Waals surface area (Å²) in [5.41, 5.74) is 0.772. The molecule has 0 saturated heterocycles. The molecule has 0 aliphatic carbocycles. The van der Waals surface area contributed by atoms with E-state index >= 15 is 0 Å². The minimum atomic E-state index is -0.815. The molecule has 6 heteroatoms. The van der Waals surface area contributed by atoms with Gasteiger partial charge in [-0.2, -0.15) is 0 Å². The summed E-state index contributed by atoms with van der Waals surface area (Å²) in [7, 11) is 0. The summed E-state index contributed by atoms with van der Waals surface area (Å²) in [6, 6.07) is 7.13. The smallest absolute Gasteiger partial charge is 0.306 e. The van der Waals surface area contributed by atoms with Gasteiger partial charge in [-0.05, 0) is 30.3 Å². The Morgan fingerprint density at radius 3 is 2.20 bits per heavy atom. The lowest BCUT2D eigenvalue weighted by Gasteiger charge is -2.02. The standard InChI is InChI=1S/C14H8F2N2O2/c15-9-3-8(4-10(16)6-9)13(19)7-1-2-11-12(5-7)18-14(20)17-11/h1-6H,(H2,17,18,20). The molecule has 0 aliphatic heterocycles. The Balaban J connectivity index is 2.09. The third-order valence-electron chi connectivity index (χ3n) is 2.90. The van der Waals surface area contributed by atoms with Gasteiger partial charge in [0.25, 0.3) is 0 Å². The number of H-pyrrole nitrogens is 2. The van der Waals surface area contributed by atoms with E-state index < -0.39 is 17.4 Å². The van der Waals surface area contributed by atoms with Gasteiger partial charge in [0.2, 0.25) is 0 Å². The number of carbonyl (C=O) groups excluding carboxylic acids is 1. The van der Waals surface area contributed by atoms with E-state index in [1.54, 1.807) is 6.07 Å². The Labute approximate surface area is 111 Å². The van der Waals surface area contributed by atoms with E-state index in [-0.39, 0.29) is 16.8 Å². The number of benzene rings is 2. The van der Waals surface area contributed by atoms with Gasteiger partial charge in [-0.3, -0.25) is 4.79 Å². The molecule has 0 saturated carbocycles. The van der Waals surface area contributed by atoms with Gasteiger partial charge in [0, 0.05) is 17.2 Å². The molecular formula is C14H8F2N2O2. The van der Waals surface area contributed by atoms with Gasteiger partial charge in [0.15, 0.2) is 5.78 Å². The zero-order chi connectivity index (χ0) is 14.3. The lowest BCUT2D eigenvalue weighted by Crippen LogP contribution is -2.02. The highest BCUT2D eigenvalue weighted by Gasteiger charge is 2.13. The van der Waals surface area contributed by atoms with E-state index in [2.05, 4.69) is 9.97 Å². The van der Waals surface area contributed by atoms with Gasteiger partial charge in [-0.25, -0.2) is 13.6 Å². The molecule has 0 aliphatic rings. The second-order valence-corrected chi connectivity index (χ2v) is 4.33. The van der Waals surface area contributed by atoms with Crippen molar-refractivity contribution in [2.45, 2.75) is 0 Å². The van der Waals surface area contributed by atoms with Crippen LogP contribution in [-0.4, -0.2) is 15.8 Å². The molecule has 3 aromatic rings. The van der Waals surface area contributed by atoms with Crippen molar-refractivity contribution in [3.05, 3.63) is 69.6 Å². The fourth-order valence-corrected chi connectivity index (χ4v) is 2.03. The molecule has 0 radical (unpaired) electrons. The number of nitrogens with one attached hydrogen (secondary N) is 2. The van der Waals surface area contributed by atoms with Crippen molar-refractivity contribution in [2.24, 2.45) is 0 Å². The number of hydrogen-bond donors (Lipinski definition) is 2. The molecule has 0 atom stereocenters. The van der Waals surface area contributed by atoms with Crippen LogP contribution < -0.4 is 5.69 Å². The molecule has 0 bridgehead atoms. The first kappa shape index (κ1) is 12.3. The minimum absolute atomic E-state index is 0.0836. The summed E-state index contributed by atoms with van der Waals surface area (Å²) in [4.78, 5) is 28.4. The second-order valence-electron chi connectivity index (χ2n) is 4.33. The van der Waals surface area contributed by atoms with Crippen LogP contribution in [0.25, 0.3) is 11.0 Å². The summed E-state index contributed by atoms with van der Waals surface area (Å²) in [5.74, 6) is -2.15. The van der Waals surface area contributed by atoms with Crippen molar-refractivity contribution in [1.29, 1.82) is 0 Å². The molecule has 3 rings (SSSR count). The number of hydrogen-bond acceptors (Lipinski definition) is 2. The van der Waals surface area contributed by atoms with Crippen molar-refractivity contribution < 1.29 is 13.6 Å². The van der Waals surface area contributed by atoms with Crippen molar-refractivity contribution in [3.8, 4) is 0 Å². The first-order valence-electron chi connectivity index (χ1n) is 5.76. The molecule has 0 fully saturated rings. The van der Waals surface area contributed by atoms with Crippen LogP contribution in [0.4, 0.5) is 8.78 Å². The molecule has 2 aromatic carbocycles. The Morgan fingerprint density at radius 2 is 1.50 bits per heavy atom. The summed E-state index contributed by atoms with van der Waals surface area (Å²) < 4.78 is 26.2. The number of halogens is 2. The highest BCUT2D eigenvalue weighted by Crippen LogP contribution is 2.16. The Bertz CT molecular complexity index is 860. The summed E-state index contributed by atoms with van der Waals surface area (Å²) in [6.07, 6.45) is 0. The van der Waals surface area contributed by atoms with Crippen molar-refractivity contribution in [2.75, 3.05) is 0 Å². The van der Waals surface area contributed by atoms with E-state index in [0.29, 0.717) is 17.1 Å². The molecular weight excluding hydrogens is 266 g/mol. The van der Waals surface area contributed by atoms with Gasteiger partial charge in [0.1, 0.15) is 11.6 Å². The quantitative estimate of drug-likeness (QED) is 0.704. The van der Waals surface area contributed by atoms with Crippen LogP contribution in [0.1, 0.15) is 15.9 Å². The largest absolute Gasteiger partial charge is 0.323 e. The monoisotopic (exact) mass is 274 g/mol. The van der Waals surface area contributed by atoms with E-state index in [4.69, 9.17) is 0 Å². The van der Waals surface area contributed by atoms with E-state index in [1.165, 1.54) is 12.1 Å². The lowest BCUT2D eigenvalue weighted by atomic mass is 10.0. The first-order valence-corrected chi connectivity index (χ1v) is 5.76. The first-order chi connectivity index (χ1) is 9.52. The van der Waals surface area contributed by atoms with Gasteiger partial charge in [0.05, 0.1) is 11.0 Å². The van der Waals surface area contributed by atoms with Gasteiger partial charge >= 0.3 is 5.69 Å². The number of imidazole rings is 1. The summed E-state index contributed by atoms with van der Waals surface area (Å²) in [5, 5.41) is 0. The molecule has 2 N–H and O–H groups in total. The maximum absolute atomic E-state index is 13.1. The highest BCUT2D eigenvalue weighted by atomic mass is 19.1. The fraction of sp³-hybridized carbons (Fsp3) is 0. The van der Waals surface area contributed by atoms with E-state index in [1.807, 2.05) is 0 Å². The second kappa shape index (κ2) is 4.41. The van der Waals surface area contributed by atoms with Crippen LogP contribution in [-0.2, 0) is 0 Å². The maximum Gasteiger partial charge on any atom is 0.323 e. The van der Waals surface area contributed by atoms with Crippen molar-refractivity contribution in [3.63, 3.8) is 0 Å². The zero-order valence-corrected chi connectivity index (χ0v) is 10.0. The summed E-state index contributed by atoms with van der Waals surface area (Å²) >= 11 is 0. The molecule has 4 nitrogen and oxygen atoms in total. The highest BCUT2D eigenvalue weighted by molar-refractivity contribution is 6.10. The number of fused-ring (bicyclic) bond motifs is 1. The molecule has 0 amide bonds. The normalized spacial score (nSPS) is 10.9. The number of aromatic nitrogens is 2. The average molecular weight is 274 g/mol.